The smallest absolute Gasteiger partial charge is 0.306 e. The number of halogens is 1. The number of esters is 1. The molecule has 1 N–H and O–H groups in total. The molecular formula is C19H17ClN2O6. The Balaban J connectivity index is 1.78. The monoisotopic (exact) mass is 404 g/mol. The highest BCUT2D eigenvalue weighted by molar-refractivity contribution is 6.32. The molecule has 0 atom stereocenters. The Bertz CT molecular complexity index is 911. The fraction of sp³-hybridized carbons (Fsp3) is 0.211. The summed E-state index contributed by atoms with van der Waals surface area (Å²) in [6.45, 7) is 1.33. The zero-order chi connectivity index (χ0) is 20.7. The minimum Gasteiger partial charge on any atom is -0.456 e. The van der Waals surface area contributed by atoms with Crippen LogP contribution in [0.25, 0.3) is 0 Å². The van der Waals surface area contributed by atoms with E-state index in [1.54, 1.807) is 24.3 Å². The van der Waals surface area contributed by atoms with Gasteiger partial charge in [0, 0.05) is 23.7 Å². The predicted molar refractivity (Wildman–Crippen MR) is 102 cm³/mol. The molecule has 0 aliphatic heterocycles. The van der Waals surface area contributed by atoms with Crippen LogP contribution >= 0.6 is 11.6 Å². The average molecular weight is 405 g/mol. The van der Waals surface area contributed by atoms with Gasteiger partial charge in [-0.2, -0.15) is 0 Å². The van der Waals surface area contributed by atoms with Gasteiger partial charge in [0.2, 0.25) is 0 Å². The zero-order valence-corrected chi connectivity index (χ0v) is 15.7. The topological polar surface area (TPSA) is 116 Å². The molecule has 146 valence electrons. The summed E-state index contributed by atoms with van der Waals surface area (Å²) in [5.41, 5.74) is 1.31. The molecule has 0 aromatic heterocycles. The van der Waals surface area contributed by atoms with Crippen LogP contribution in [0, 0.1) is 17.0 Å². The normalized spacial score (nSPS) is 10.2. The molecule has 9 heteroatoms. The van der Waals surface area contributed by atoms with Gasteiger partial charge in [0.25, 0.3) is 11.6 Å². The van der Waals surface area contributed by atoms with Crippen LogP contribution in [0.5, 0.6) is 0 Å². The SMILES string of the molecule is Cc1ccc(C(=O)CCC(=O)OCC(=O)Nc2ccc(Cl)c([N+](=O)[O-])c2)cc1. The molecule has 0 saturated heterocycles. The summed E-state index contributed by atoms with van der Waals surface area (Å²) in [5.74, 6) is -1.57. The Morgan fingerprint density at radius 1 is 1.11 bits per heavy atom. The lowest BCUT2D eigenvalue weighted by molar-refractivity contribution is -0.384. The highest BCUT2D eigenvalue weighted by Gasteiger charge is 2.15. The third-order valence-corrected chi connectivity index (χ3v) is 4.04. The number of Topliss-reactive ketones (excluding diaryl/α,β-unsaturated/α-hetero) is 1. The number of nitro groups is 1. The Kier molecular flexibility index (Phi) is 7.22. The number of nitrogens with one attached hydrogen (secondary N) is 1. The molecule has 0 radical (unpaired) electrons. The van der Waals surface area contributed by atoms with Crippen LogP contribution in [0.4, 0.5) is 11.4 Å². The van der Waals surface area contributed by atoms with E-state index >= 15 is 0 Å². The zero-order valence-electron chi connectivity index (χ0n) is 14.9. The van der Waals surface area contributed by atoms with Gasteiger partial charge < -0.3 is 10.1 Å². The number of amides is 1. The Hall–Kier alpha value is -3.26. The molecule has 0 aliphatic carbocycles. The fourth-order valence-corrected chi connectivity index (χ4v) is 2.43. The van der Waals surface area contributed by atoms with E-state index in [1.165, 1.54) is 12.1 Å². The minimum absolute atomic E-state index is 0.0348. The highest BCUT2D eigenvalue weighted by Crippen LogP contribution is 2.27. The van der Waals surface area contributed by atoms with Gasteiger partial charge in [-0.1, -0.05) is 41.4 Å². The summed E-state index contributed by atoms with van der Waals surface area (Å²) in [7, 11) is 0. The highest BCUT2D eigenvalue weighted by atomic mass is 35.5. The number of benzene rings is 2. The molecule has 2 rings (SSSR count). The number of nitro benzene ring substituents is 1. The standard InChI is InChI=1S/C19H17ClN2O6/c1-12-2-4-13(5-3-12)17(23)8-9-19(25)28-11-18(24)21-14-6-7-15(20)16(10-14)22(26)27/h2-7,10H,8-9,11H2,1H3,(H,21,24). The van der Waals surface area contributed by atoms with Crippen molar-refractivity contribution in [2.24, 2.45) is 0 Å². The molecule has 28 heavy (non-hydrogen) atoms. The molecule has 0 unspecified atom stereocenters. The molecule has 8 nitrogen and oxygen atoms in total. The van der Waals surface area contributed by atoms with Crippen molar-refractivity contribution in [2.45, 2.75) is 19.8 Å². The van der Waals surface area contributed by atoms with Crippen molar-refractivity contribution in [2.75, 3.05) is 11.9 Å². The fourth-order valence-electron chi connectivity index (χ4n) is 2.25. The summed E-state index contributed by atoms with van der Waals surface area (Å²) >= 11 is 5.69. The second-order valence-electron chi connectivity index (χ2n) is 5.92. The van der Waals surface area contributed by atoms with Crippen LogP contribution in [0.3, 0.4) is 0 Å². The number of ether oxygens (including phenoxy) is 1. The minimum atomic E-state index is -0.697. The summed E-state index contributed by atoms with van der Waals surface area (Å²) in [6.07, 6.45) is -0.195. The van der Waals surface area contributed by atoms with E-state index in [0.29, 0.717) is 5.56 Å². The summed E-state index contributed by atoms with van der Waals surface area (Å²) in [4.78, 5) is 45.7. The Labute approximate surface area is 165 Å². The first-order valence-electron chi connectivity index (χ1n) is 8.25. The van der Waals surface area contributed by atoms with Crippen molar-refractivity contribution in [1.29, 1.82) is 0 Å². The van der Waals surface area contributed by atoms with Gasteiger partial charge in [-0.15, -0.1) is 0 Å². The van der Waals surface area contributed by atoms with Gasteiger partial charge in [-0.05, 0) is 19.1 Å². The molecule has 0 heterocycles. The van der Waals surface area contributed by atoms with E-state index in [9.17, 15) is 24.5 Å². The number of hydrogen-bond donors (Lipinski definition) is 1. The number of hydrogen-bond acceptors (Lipinski definition) is 6. The van der Waals surface area contributed by atoms with Crippen LogP contribution in [-0.4, -0.2) is 29.2 Å². The van der Waals surface area contributed by atoms with Crippen molar-refractivity contribution in [3.63, 3.8) is 0 Å². The van der Waals surface area contributed by atoms with Crippen molar-refractivity contribution >= 4 is 40.6 Å². The van der Waals surface area contributed by atoms with Crippen LogP contribution in [0.15, 0.2) is 42.5 Å². The molecule has 2 aromatic rings. The number of carbonyl (C=O) groups excluding carboxylic acids is 3. The third-order valence-electron chi connectivity index (χ3n) is 3.72. The van der Waals surface area contributed by atoms with Gasteiger partial charge >= 0.3 is 5.97 Å². The van der Waals surface area contributed by atoms with Crippen molar-refractivity contribution in [1.82, 2.24) is 0 Å². The van der Waals surface area contributed by atoms with Gasteiger partial charge in [-0.25, -0.2) is 0 Å². The van der Waals surface area contributed by atoms with Crippen molar-refractivity contribution in [3.05, 3.63) is 68.7 Å². The maximum Gasteiger partial charge on any atom is 0.306 e. The van der Waals surface area contributed by atoms with E-state index in [2.05, 4.69) is 5.32 Å². The van der Waals surface area contributed by atoms with Gasteiger partial charge in [0.15, 0.2) is 12.4 Å². The number of rotatable bonds is 8. The molecule has 0 bridgehead atoms. The first-order chi connectivity index (χ1) is 13.3. The molecule has 1 amide bonds. The van der Waals surface area contributed by atoms with Gasteiger partial charge in [-0.3, -0.25) is 24.5 Å². The molecule has 2 aromatic carbocycles. The lowest BCUT2D eigenvalue weighted by Gasteiger charge is -2.07. The summed E-state index contributed by atoms with van der Waals surface area (Å²) in [6, 6.07) is 10.7. The maximum atomic E-state index is 12.0. The molecular weight excluding hydrogens is 388 g/mol. The van der Waals surface area contributed by atoms with Crippen molar-refractivity contribution < 1.29 is 24.0 Å². The van der Waals surface area contributed by atoms with Crippen LogP contribution in [-0.2, 0) is 14.3 Å². The summed E-state index contributed by atoms with van der Waals surface area (Å²) < 4.78 is 4.82. The second kappa shape index (κ2) is 9.61. The Morgan fingerprint density at radius 2 is 1.79 bits per heavy atom. The van der Waals surface area contributed by atoms with Gasteiger partial charge in [0.1, 0.15) is 5.02 Å². The largest absolute Gasteiger partial charge is 0.456 e. The van der Waals surface area contributed by atoms with Crippen molar-refractivity contribution in [3.8, 4) is 0 Å². The second-order valence-corrected chi connectivity index (χ2v) is 6.33. The van der Waals surface area contributed by atoms with Crippen LogP contribution in [0.2, 0.25) is 5.02 Å². The lowest BCUT2D eigenvalue weighted by Crippen LogP contribution is -2.21. The number of aryl methyl sites for hydroxylation is 1. The Morgan fingerprint density at radius 3 is 2.43 bits per heavy atom. The quantitative estimate of drug-likeness (QED) is 0.310. The first kappa shape index (κ1) is 21.0. The first-order valence-corrected chi connectivity index (χ1v) is 8.63. The van der Waals surface area contributed by atoms with E-state index in [-0.39, 0.29) is 35.0 Å². The van der Waals surface area contributed by atoms with Crippen LogP contribution in [0.1, 0.15) is 28.8 Å². The third kappa shape index (κ3) is 6.17. The van der Waals surface area contributed by atoms with E-state index in [4.69, 9.17) is 16.3 Å². The maximum absolute atomic E-state index is 12.0. The number of carbonyl (C=O) groups is 3. The average Bonchev–Trinajstić information content (AvgIpc) is 2.66. The molecule has 0 saturated carbocycles. The van der Waals surface area contributed by atoms with Crippen LogP contribution < -0.4 is 5.32 Å². The van der Waals surface area contributed by atoms with E-state index in [1.807, 2.05) is 6.92 Å². The molecule has 0 spiro atoms. The molecule has 0 fully saturated rings. The number of ketones is 1. The van der Waals surface area contributed by atoms with E-state index in [0.717, 1.165) is 11.6 Å². The van der Waals surface area contributed by atoms with Gasteiger partial charge in [0.05, 0.1) is 11.3 Å². The number of anilines is 1. The molecule has 0 aliphatic rings. The number of nitrogens with zero attached hydrogens (tertiary/aromatic N) is 1. The van der Waals surface area contributed by atoms with E-state index < -0.39 is 23.4 Å². The predicted octanol–water partition coefficient (Wildman–Crippen LogP) is 3.70. The summed E-state index contributed by atoms with van der Waals surface area (Å²) in [5, 5.41) is 13.1. The lowest BCUT2D eigenvalue weighted by atomic mass is 10.1.